The summed E-state index contributed by atoms with van der Waals surface area (Å²) < 4.78 is 10.7. The zero-order valence-corrected chi connectivity index (χ0v) is 12.7. The van der Waals surface area contributed by atoms with Crippen molar-refractivity contribution < 1.29 is 8.94 Å². The van der Waals surface area contributed by atoms with Crippen molar-refractivity contribution in [1.29, 1.82) is 0 Å². The molecule has 4 rings (SSSR count). The smallest absolute Gasteiger partial charge is 0.202 e. The van der Waals surface area contributed by atoms with Crippen LogP contribution in [0.4, 0.5) is 0 Å². The standard InChI is InChI=1S/C16H22N4O2/c1-2-15(21-9-1)16-10-13(18-22-16)11-19-6-3-14(12-19)20-7-4-17-5-8-20/h1-2,9-10,14,17H,3-8,11-12H2. The van der Waals surface area contributed by atoms with Gasteiger partial charge in [0.1, 0.15) is 0 Å². The highest BCUT2D eigenvalue weighted by Crippen LogP contribution is 2.23. The first kappa shape index (κ1) is 14.0. The van der Waals surface area contributed by atoms with E-state index in [1.807, 2.05) is 18.2 Å². The molecule has 2 aromatic heterocycles. The van der Waals surface area contributed by atoms with Crippen LogP contribution >= 0.6 is 0 Å². The average molecular weight is 302 g/mol. The Morgan fingerprint density at radius 3 is 2.95 bits per heavy atom. The van der Waals surface area contributed by atoms with Gasteiger partial charge in [-0.3, -0.25) is 9.80 Å². The molecule has 0 bridgehead atoms. The quantitative estimate of drug-likeness (QED) is 0.922. The lowest BCUT2D eigenvalue weighted by Gasteiger charge is -2.32. The molecule has 0 aliphatic carbocycles. The maximum atomic E-state index is 5.37. The van der Waals surface area contributed by atoms with Crippen molar-refractivity contribution in [2.75, 3.05) is 39.3 Å². The summed E-state index contributed by atoms with van der Waals surface area (Å²) >= 11 is 0. The van der Waals surface area contributed by atoms with Crippen molar-refractivity contribution in [2.24, 2.45) is 0 Å². The van der Waals surface area contributed by atoms with Crippen LogP contribution in [0.1, 0.15) is 12.1 Å². The minimum Gasteiger partial charge on any atom is -0.461 e. The second kappa shape index (κ2) is 6.24. The monoisotopic (exact) mass is 302 g/mol. The second-order valence-corrected chi connectivity index (χ2v) is 6.12. The predicted octanol–water partition coefficient (Wildman–Crippen LogP) is 1.41. The number of nitrogens with zero attached hydrogens (tertiary/aromatic N) is 3. The van der Waals surface area contributed by atoms with Crippen LogP contribution in [0.15, 0.2) is 33.4 Å². The van der Waals surface area contributed by atoms with Crippen molar-refractivity contribution in [1.82, 2.24) is 20.3 Å². The molecule has 0 spiro atoms. The number of aromatic nitrogens is 1. The third kappa shape index (κ3) is 2.95. The first-order chi connectivity index (χ1) is 10.9. The summed E-state index contributed by atoms with van der Waals surface area (Å²) in [6.45, 7) is 7.70. The second-order valence-electron chi connectivity index (χ2n) is 6.12. The molecule has 4 heterocycles. The number of furan rings is 1. The van der Waals surface area contributed by atoms with Gasteiger partial charge < -0.3 is 14.3 Å². The number of hydrogen-bond acceptors (Lipinski definition) is 6. The van der Waals surface area contributed by atoms with Crippen molar-refractivity contribution in [3.8, 4) is 11.5 Å². The van der Waals surface area contributed by atoms with Crippen LogP contribution in [0.3, 0.4) is 0 Å². The molecular weight excluding hydrogens is 280 g/mol. The Hall–Kier alpha value is -1.63. The van der Waals surface area contributed by atoms with Gasteiger partial charge in [-0.1, -0.05) is 5.16 Å². The third-order valence-corrected chi connectivity index (χ3v) is 4.62. The Labute approximate surface area is 130 Å². The highest BCUT2D eigenvalue weighted by Gasteiger charge is 2.28. The SMILES string of the molecule is c1coc(-c2cc(CN3CCC(N4CCNCC4)C3)no2)c1. The molecule has 0 aromatic carbocycles. The maximum Gasteiger partial charge on any atom is 0.202 e. The highest BCUT2D eigenvalue weighted by atomic mass is 16.5. The van der Waals surface area contributed by atoms with Gasteiger partial charge in [-0.2, -0.15) is 0 Å². The topological polar surface area (TPSA) is 57.7 Å². The van der Waals surface area contributed by atoms with Gasteiger partial charge in [0, 0.05) is 57.9 Å². The van der Waals surface area contributed by atoms with Crippen LogP contribution in [-0.2, 0) is 6.54 Å². The molecule has 1 N–H and O–H groups in total. The fraction of sp³-hybridized carbons (Fsp3) is 0.562. The van der Waals surface area contributed by atoms with Crippen LogP contribution < -0.4 is 5.32 Å². The van der Waals surface area contributed by atoms with Crippen molar-refractivity contribution in [2.45, 2.75) is 19.0 Å². The van der Waals surface area contributed by atoms with E-state index in [-0.39, 0.29) is 0 Å². The number of hydrogen-bond donors (Lipinski definition) is 1. The summed E-state index contributed by atoms with van der Waals surface area (Å²) in [7, 11) is 0. The molecule has 2 fully saturated rings. The molecule has 6 heteroatoms. The van der Waals surface area contributed by atoms with Crippen molar-refractivity contribution in [3.05, 3.63) is 30.2 Å². The van der Waals surface area contributed by atoms with E-state index in [2.05, 4.69) is 20.3 Å². The normalized spacial score (nSPS) is 24.1. The Morgan fingerprint density at radius 1 is 1.23 bits per heavy atom. The van der Waals surface area contributed by atoms with E-state index in [0.717, 1.165) is 44.2 Å². The van der Waals surface area contributed by atoms with E-state index in [1.165, 1.54) is 19.5 Å². The molecule has 22 heavy (non-hydrogen) atoms. The van der Waals surface area contributed by atoms with Crippen LogP contribution in [0, 0.1) is 0 Å². The van der Waals surface area contributed by atoms with Crippen LogP contribution in [0.25, 0.3) is 11.5 Å². The van der Waals surface area contributed by atoms with Gasteiger partial charge in [0.05, 0.1) is 12.0 Å². The molecule has 6 nitrogen and oxygen atoms in total. The highest BCUT2D eigenvalue weighted by molar-refractivity contribution is 5.49. The van der Waals surface area contributed by atoms with Gasteiger partial charge in [-0.25, -0.2) is 0 Å². The minimum absolute atomic E-state index is 0.693. The Bertz CT molecular complexity index is 589. The van der Waals surface area contributed by atoms with E-state index in [4.69, 9.17) is 8.94 Å². The molecule has 2 aliphatic rings. The van der Waals surface area contributed by atoms with Crippen molar-refractivity contribution in [3.63, 3.8) is 0 Å². The molecule has 2 aliphatic heterocycles. The van der Waals surface area contributed by atoms with E-state index in [9.17, 15) is 0 Å². The van der Waals surface area contributed by atoms with Gasteiger partial charge in [0.15, 0.2) is 5.76 Å². The number of rotatable bonds is 4. The zero-order valence-electron chi connectivity index (χ0n) is 12.7. The van der Waals surface area contributed by atoms with Gasteiger partial charge in [-0.15, -0.1) is 0 Å². The zero-order chi connectivity index (χ0) is 14.8. The molecule has 0 radical (unpaired) electrons. The van der Waals surface area contributed by atoms with E-state index in [0.29, 0.717) is 11.8 Å². The van der Waals surface area contributed by atoms with Crippen LogP contribution in [-0.4, -0.2) is 60.3 Å². The van der Waals surface area contributed by atoms with Gasteiger partial charge in [0.25, 0.3) is 0 Å². The van der Waals surface area contributed by atoms with E-state index in [1.54, 1.807) is 6.26 Å². The Kier molecular flexibility index (Phi) is 3.97. The Morgan fingerprint density at radius 2 is 2.14 bits per heavy atom. The summed E-state index contributed by atoms with van der Waals surface area (Å²) in [4.78, 5) is 5.09. The summed E-state index contributed by atoms with van der Waals surface area (Å²) in [6.07, 6.45) is 2.90. The fourth-order valence-corrected chi connectivity index (χ4v) is 3.45. The molecule has 118 valence electrons. The maximum absolute atomic E-state index is 5.37. The third-order valence-electron chi connectivity index (χ3n) is 4.62. The summed E-state index contributed by atoms with van der Waals surface area (Å²) in [6, 6.07) is 6.42. The molecule has 1 atom stereocenters. The average Bonchev–Trinajstić information content (AvgIpc) is 3.30. The van der Waals surface area contributed by atoms with Gasteiger partial charge >= 0.3 is 0 Å². The van der Waals surface area contributed by atoms with E-state index < -0.39 is 0 Å². The lowest BCUT2D eigenvalue weighted by atomic mass is 10.2. The molecule has 1 unspecified atom stereocenters. The first-order valence-electron chi connectivity index (χ1n) is 8.05. The number of nitrogens with one attached hydrogen (secondary N) is 1. The molecule has 2 aromatic rings. The lowest BCUT2D eigenvalue weighted by molar-refractivity contribution is 0.170. The number of piperazine rings is 1. The van der Waals surface area contributed by atoms with Crippen LogP contribution in [0.2, 0.25) is 0 Å². The molecule has 0 saturated carbocycles. The predicted molar refractivity (Wildman–Crippen MR) is 82.3 cm³/mol. The van der Waals surface area contributed by atoms with E-state index >= 15 is 0 Å². The fourth-order valence-electron chi connectivity index (χ4n) is 3.45. The largest absolute Gasteiger partial charge is 0.461 e. The van der Waals surface area contributed by atoms with Crippen molar-refractivity contribution >= 4 is 0 Å². The first-order valence-corrected chi connectivity index (χ1v) is 8.05. The van der Waals surface area contributed by atoms with Crippen LogP contribution in [0.5, 0.6) is 0 Å². The molecular formula is C16H22N4O2. The summed E-state index contributed by atoms with van der Waals surface area (Å²) in [5, 5.41) is 7.59. The molecule has 2 saturated heterocycles. The minimum atomic E-state index is 0.693. The van der Waals surface area contributed by atoms with Gasteiger partial charge in [-0.05, 0) is 18.6 Å². The molecule has 0 amide bonds. The lowest BCUT2D eigenvalue weighted by Crippen LogP contribution is -2.49. The summed E-state index contributed by atoms with van der Waals surface area (Å²) in [5.41, 5.74) is 0.979. The summed E-state index contributed by atoms with van der Waals surface area (Å²) in [5.74, 6) is 1.44. The van der Waals surface area contributed by atoms with Gasteiger partial charge in [0.2, 0.25) is 5.76 Å². The number of likely N-dealkylation sites (tertiary alicyclic amines) is 1. The Balaban J connectivity index is 1.34.